The van der Waals surface area contributed by atoms with Gasteiger partial charge < -0.3 is 15.3 Å². The number of urea groups is 1. The lowest BCUT2D eigenvalue weighted by molar-refractivity contribution is 0.0658. The lowest BCUT2D eigenvalue weighted by Crippen LogP contribution is -2.48. The number of halogens is 1. The molecule has 4 nitrogen and oxygen atoms in total. The molecule has 2 amide bonds. The van der Waals surface area contributed by atoms with E-state index in [-0.39, 0.29) is 17.8 Å². The summed E-state index contributed by atoms with van der Waals surface area (Å²) in [6.07, 6.45) is 6.82. The maximum atomic E-state index is 13.0. The minimum Gasteiger partial charge on any atom is -0.388 e. The Morgan fingerprint density at radius 2 is 1.71 bits per heavy atom. The molecule has 2 N–H and O–H groups in total. The summed E-state index contributed by atoms with van der Waals surface area (Å²) in [6, 6.07) is 6.41. The van der Waals surface area contributed by atoms with E-state index in [1.54, 1.807) is 12.1 Å². The summed E-state index contributed by atoms with van der Waals surface area (Å²) in [5.41, 5.74) is 0.751. The van der Waals surface area contributed by atoms with Gasteiger partial charge >= 0.3 is 6.03 Å². The lowest BCUT2D eigenvalue weighted by Gasteiger charge is -2.35. The number of carbonyl (C=O) groups is 1. The highest BCUT2D eigenvalue weighted by molar-refractivity contribution is 5.74. The van der Waals surface area contributed by atoms with Gasteiger partial charge in [0.1, 0.15) is 5.82 Å². The molecule has 1 unspecified atom stereocenters. The molecule has 1 saturated carbocycles. The number of likely N-dealkylation sites (tertiary alicyclic amines) is 1. The standard InChI is InChI=1S/C19H27FN2O2/c20-16-8-6-14(7-9-16)18(23)15-10-12-22(13-11-15)19(24)21-17-4-2-1-3-5-17/h6-9,15,17-18,23H,1-5,10-13H2,(H,21,24). The fourth-order valence-electron chi connectivity index (χ4n) is 3.86. The van der Waals surface area contributed by atoms with Gasteiger partial charge in [-0.2, -0.15) is 0 Å². The van der Waals surface area contributed by atoms with Crippen molar-refractivity contribution in [2.45, 2.75) is 57.1 Å². The van der Waals surface area contributed by atoms with Crippen molar-refractivity contribution in [3.05, 3.63) is 35.6 Å². The van der Waals surface area contributed by atoms with E-state index in [9.17, 15) is 14.3 Å². The lowest BCUT2D eigenvalue weighted by atomic mass is 9.87. The van der Waals surface area contributed by atoms with Gasteiger partial charge in [-0.1, -0.05) is 31.4 Å². The zero-order chi connectivity index (χ0) is 16.9. The van der Waals surface area contributed by atoms with Crippen LogP contribution >= 0.6 is 0 Å². The average molecular weight is 334 g/mol. The number of rotatable bonds is 3. The van der Waals surface area contributed by atoms with Crippen molar-refractivity contribution in [1.29, 1.82) is 0 Å². The predicted molar refractivity (Wildman–Crippen MR) is 91.1 cm³/mol. The minimum atomic E-state index is -0.589. The van der Waals surface area contributed by atoms with E-state index in [0.717, 1.165) is 31.2 Å². The SMILES string of the molecule is O=C(NC1CCCCC1)N1CCC(C(O)c2ccc(F)cc2)CC1. The molecule has 1 saturated heterocycles. The number of amides is 2. The molecule has 0 bridgehead atoms. The van der Waals surface area contributed by atoms with E-state index in [1.165, 1.54) is 31.4 Å². The van der Waals surface area contributed by atoms with Gasteiger partial charge in [-0.3, -0.25) is 0 Å². The highest BCUT2D eigenvalue weighted by Crippen LogP contribution is 2.31. The van der Waals surface area contributed by atoms with Gasteiger partial charge in [0, 0.05) is 19.1 Å². The first-order chi connectivity index (χ1) is 11.6. The van der Waals surface area contributed by atoms with Crippen LogP contribution < -0.4 is 5.32 Å². The van der Waals surface area contributed by atoms with Crippen molar-refractivity contribution in [2.24, 2.45) is 5.92 Å². The largest absolute Gasteiger partial charge is 0.388 e. The van der Waals surface area contributed by atoms with Crippen LogP contribution in [0.25, 0.3) is 0 Å². The summed E-state index contributed by atoms with van der Waals surface area (Å²) in [7, 11) is 0. The molecule has 1 aliphatic heterocycles. The second-order valence-electron chi connectivity index (χ2n) is 7.11. The highest BCUT2D eigenvalue weighted by Gasteiger charge is 2.29. The van der Waals surface area contributed by atoms with Crippen molar-refractivity contribution < 1.29 is 14.3 Å². The minimum absolute atomic E-state index is 0.0385. The van der Waals surface area contributed by atoms with E-state index in [2.05, 4.69) is 5.32 Å². The molecule has 1 aliphatic carbocycles. The van der Waals surface area contributed by atoms with E-state index < -0.39 is 6.10 Å². The molecule has 5 heteroatoms. The molecule has 0 aromatic heterocycles. The van der Waals surface area contributed by atoms with Crippen molar-refractivity contribution >= 4 is 6.03 Å². The number of benzene rings is 1. The van der Waals surface area contributed by atoms with Crippen LogP contribution in [0, 0.1) is 11.7 Å². The third kappa shape index (κ3) is 4.26. The van der Waals surface area contributed by atoms with Crippen molar-refractivity contribution in [2.75, 3.05) is 13.1 Å². The van der Waals surface area contributed by atoms with Crippen LogP contribution in [0.3, 0.4) is 0 Å². The summed E-state index contributed by atoms with van der Waals surface area (Å²) in [5, 5.41) is 13.6. The number of hydrogen-bond donors (Lipinski definition) is 2. The number of hydrogen-bond acceptors (Lipinski definition) is 2. The van der Waals surface area contributed by atoms with Gasteiger partial charge in [-0.25, -0.2) is 9.18 Å². The van der Waals surface area contributed by atoms with Crippen LogP contribution in [0.4, 0.5) is 9.18 Å². The van der Waals surface area contributed by atoms with E-state index >= 15 is 0 Å². The smallest absolute Gasteiger partial charge is 0.317 e. The molecular formula is C19H27FN2O2. The molecule has 0 spiro atoms. The Morgan fingerprint density at radius 3 is 2.33 bits per heavy atom. The maximum Gasteiger partial charge on any atom is 0.317 e. The maximum absolute atomic E-state index is 13.0. The van der Waals surface area contributed by atoms with Crippen molar-refractivity contribution in [3.8, 4) is 0 Å². The number of aliphatic hydroxyl groups is 1. The number of nitrogens with zero attached hydrogens (tertiary/aromatic N) is 1. The van der Waals surface area contributed by atoms with E-state index in [1.807, 2.05) is 4.90 Å². The molecule has 0 radical (unpaired) electrons. The molecule has 2 fully saturated rings. The highest BCUT2D eigenvalue weighted by atomic mass is 19.1. The molecule has 132 valence electrons. The third-order valence-electron chi connectivity index (χ3n) is 5.42. The molecule has 1 aromatic carbocycles. The fraction of sp³-hybridized carbons (Fsp3) is 0.632. The van der Waals surface area contributed by atoms with Crippen molar-refractivity contribution in [1.82, 2.24) is 10.2 Å². The first-order valence-corrected chi connectivity index (χ1v) is 9.12. The third-order valence-corrected chi connectivity index (χ3v) is 5.42. The Morgan fingerprint density at radius 1 is 1.08 bits per heavy atom. The summed E-state index contributed by atoms with van der Waals surface area (Å²) >= 11 is 0. The molecule has 3 rings (SSSR count). The Hall–Kier alpha value is -1.62. The fourth-order valence-corrected chi connectivity index (χ4v) is 3.86. The summed E-state index contributed by atoms with van der Waals surface area (Å²) in [6.45, 7) is 1.34. The molecular weight excluding hydrogens is 307 g/mol. The van der Waals surface area contributed by atoms with E-state index in [4.69, 9.17) is 0 Å². The molecule has 1 atom stereocenters. The molecule has 1 heterocycles. The monoisotopic (exact) mass is 334 g/mol. The predicted octanol–water partition coefficient (Wildman–Crippen LogP) is 3.61. The topological polar surface area (TPSA) is 52.6 Å². The summed E-state index contributed by atoms with van der Waals surface area (Å²) < 4.78 is 13.0. The van der Waals surface area contributed by atoms with Crippen LogP contribution in [0.15, 0.2) is 24.3 Å². The van der Waals surface area contributed by atoms with Gasteiger partial charge in [0.15, 0.2) is 0 Å². The Bertz CT molecular complexity index is 535. The molecule has 2 aliphatic rings. The van der Waals surface area contributed by atoms with Crippen LogP contribution in [-0.2, 0) is 0 Å². The number of aliphatic hydroxyl groups excluding tert-OH is 1. The van der Waals surface area contributed by atoms with Gasteiger partial charge in [0.2, 0.25) is 0 Å². The summed E-state index contributed by atoms with van der Waals surface area (Å²) in [4.78, 5) is 14.2. The van der Waals surface area contributed by atoms with Gasteiger partial charge in [-0.05, 0) is 49.3 Å². The average Bonchev–Trinajstić information content (AvgIpc) is 2.63. The first-order valence-electron chi connectivity index (χ1n) is 9.12. The van der Waals surface area contributed by atoms with Gasteiger partial charge in [0.05, 0.1) is 6.10 Å². The van der Waals surface area contributed by atoms with Crippen LogP contribution in [-0.4, -0.2) is 35.2 Å². The van der Waals surface area contributed by atoms with Crippen LogP contribution in [0.1, 0.15) is 56.6 Å². The number of piperidine rings is 1. The Kier molecular flexibility index (Phi) is 5.72. The molecule has 24 heavy (non-hydrogen) atoms. The van der Waals surface area contributed by atoms with Gasteiger partial charge in [0.25, 0.3) is 0 Å². The van der Waals surface area contributed by atoms with Crippen molar-refractivity contribution in [3.63, 3.8) is 0 Å². The van der Waals surface area contributed by atoms with Gasteiger partial charge in [-0.15, -0.1) is 0 Å². The Labute approximate surface area is 143 Å². The zero-order valence-corrected chi connectivity index (χ0v) is 14.1. The van der Waals surface area contributed by atoms with Crippen LogP contribution in [0.5, 0.6) is 0 Å². The second-order valence-corrected chi connectivity index (χ2v) is 7.11. The quantitative estimate of drug-likeness (QED) is 0.887. The van der Waals surface area contributed by atoms with Crippen LogP contribution in [0.2, 0.25) is 0 Å². The second kappa shape index (κ2) is 7.97. The summed E-state index contributed by atoms with van der Waals surface area (Å²) in [5.74, 6) is -0.172. The zero-order valence-electron chi connectivity index (χ0n) is 14.1. The first kappa shape index (κ1) is 17.2. The van der Waals surface area contributed by atoms with E-state index in [0.29, 0.717) is 19.1 Å². The normalized spacial score (nSPS) is 21.5. The Balaban J connectivity index is 1.47. The number of carbonyl (C=O) groups excluding carboxylic acids is 1. The molecule has 1 aromatic rings. The number of nitrogens with one attached hydrogen (secondary N) is 1.